The number of hydrogen-bond donors (Lipinski definition) is 1. The molecule has 0 aliphatic carbocycles. The lowest BCUT2D eigenvalue weighted by Crippen LogP contribution is -2.36. The van der Waals surface area contributed by atoms with Gasteiger partial charge in [-0.15, -0.1) is 0 Å². The Morgan fingerprint density at radius 1 is 1.10 bits per heavy atom. The largest absolute Gasteiger partial charge is 0.284 e. The minimum absolute atomic E-state index is 0.128. The number of carbonyl (C=O) groups is 1. The number of nitrogens with zero attached hydrogens (tertiary/aromatic N) is 2. The Morgan fingerprint density at radius 3 is 2.21 bits per heavy atom. The molecule has 154 valence electrons. The number of hydrogen-bond acceptors (Lipinski definition) is 4. The van der Waals surface area contributed by atoms with E-state index in [4.69, 9.17) is 0 Å². The number of amides is 1. The molecular weight excluding hydrogens is 393 g/mol. The van der Waals surface area contributed by atoms with Crippen LogP contribution in [0.4, 0.5) is 10.1 Å². The SMILES string of the molecule is CC(C)(C)C(=O)N1N=C(c2ccc(NS(C)(=O)=O)cc2)C[C@H]1c1ccc(F)cc1. The molecule has 0 aromatic heterocycles. The maximum atomic E-state index is 13.4. The van der Waals surface area contributed by atoms with Crippen LogP contribution in [0, 0.1) is 11.2 Å². The second-order valence-corrected chi connectivity index (χ2v) is 9.92. The summed E-state index contributed by atoms with van der Waals surface area (Å²) in [6.07, 6.45) is 1.57. The van der Waals surface area contributed by atoms with Crippen molar-refractivity contribution in [3.8, 4) is 0 Å². The Bertz CT molecular complexity index is 1040. The average Bonchev–Trinajstić information content (AvgIpc) is 3.05. The number of nitrogens with one attached hydrogen (secondary N) is 1. The maximum Gasteiger partial charge on any atom is 0.248 e. The van der Waals surface area contributed by atoms with Gasteiger partial charge in [-0.3, -0.25) is 9.52 Å². The molecule has 1 N–H and O–H groups in total. The molecule has 3 rings (SSSR count). The summed E-state index contributed by atoms with van der Waals surface area (Å²) in [6.45, 7) is 5.49. The van der Waals surface area contributed by atoms with E-state index in [1.165, 1.54) is 17.1 Å². The summed E-state index contributed by atoms with van der Waals surface area (Å²) in [6, 6.07) is 12.6. The van der Waals surface area contributed by atoms with Crippen LogP contribution in [0.5, 0.6) is 0 Å². The molecule has 1 atom stereocenters. The zero-order valence-electron chi connectivity index (χ0n) is 16.8. The van der Waals surface area contributed by atoms with Crippen molar-refractivity contribution in [1.29, 1.82) is 0 Å². The standard InChI is InChI=1S/C21H24FN3O3S/c1-21(2,3)20(26)25-19(15-5-9-16(22)10-6-15)13-18(23-25)14-7-11-17(12-8-14)24-29(4,27)28/h5-12,19,24H,13H2,1-4H3/t19-/m0/s1. The summed E-state index contributed by atoms with van der Waals surface area (Å²) >= 11 is 0. The van der Waals surface area contributed by atoms with Gasteiger partial charge in [0.15, 0.2) is 0 Å². The predicted octanol–water partition coefficient (Wildman–Crippen LogP) is 3.92. The predicted molar refractivity (Wildman–Crippen MR) is 112 cm³/mol. The lowest BCUT2D eigenvalue weighted by Gasteiger charge is -2.28. The van der Waals surface area contributed by atoms with Gasteiger partial charge in [-0.1, -0.05) is 45.0 Å². The van der Waals surface area contributed by atoms with Gasteiger partial charge in [0, 0.05) is 17.5 Å². The first kappa shape index (κ1) is 21.0. The Hall–Kier alpha value is -2.74. The quantitative estimate of drug-likeness (QED) is 0.819. The van der Waals surface area contributed by atoms with E-state index in [-0.39, 0.29) is 17.8 Å². The van der Waals surface area contributed by atoms with Crippen LogP contribution >= 0.6 is 0 Å². The average molecular weight is 418 g/mol. The van der Waals surface area contributed by atoms with Gasteiger partial charge in [0.1, 0.15) is 5.82 Å². The molecule has 0 saturated heterocycles. The zero-order chi connectivity index (χ0) is 21.4. The Morgan fingerprint density at radius 2 is 1.69 bits per heavy atom. The molecule has 8 heteroatoms. The second-order valence-electron chi connectivity index (χ2n) is 8.17. The monoisotopic (exact) mass is 417 g/mol. The van der Waals surface area contributed by atoms with Crippen LogP contribution in [0.25, 0.3) is 0 Å². The van der Waals surface area contributed by atoms with Crippen LogP contribution < -0.4 is 4.72 Å². The molecule has 0 radical (unpaired) electrons. The van der Waals surface area contributed by atoms with Gasteiger partial charge < -0.3 is 0 Å². The smallest absolute Gasteiger partial charge is 0.248 e. The Balaban J connectivity index is 1.93. The molecule has 2 aromatic carbocycles. The number of sulfonamides is 1. The van der Waals surface area contributed by atoms with E-state index in [9.17, 15) is 17.6 Å². The lowest BCUT2D eigenvalue weighted by molar-refractivity contribution is -0.141. The number of anilines is 1. The summed E-state index contributed by atoms with van der Waals surface area (Å²) in [7, 11) is -3.36. The highest BCUT2D eigenvalue weighted by atomic mass is 32.2. The third-order valence-corrected chi connectivity index (χ3v) is 5.14. The molecule has 2 aromatic rings. The Labute approximate surface area is 170 Å². The van der Waals surface area contributed by atoms with Gasteiger partial charge in [0.25, 0.3) is 0 Å². The molecule has 1 amide bonds. The number of carbonyl (C=O) groups excluding carboxylic acids is 1. The Kier molecular flexibility index (Phi) is 5.49. The minimum Gasteiger partial charge on any atom is -0.284 e. The summed E-state index contributed by atoms with van der Waals surface area (Å²) in [5, 5.41) is 6.05. The fraction of sp³-hybridized carbons (Fsp3) is 0.333. The number of rotatable bonds is 4. The van der Waals surface area contributed by atoms with Crippen molar-refractivity contribution in [1.82, 2.24) is 5.01 Å². The molecule has 29 heavy (non-hydrogen) atoms. The molecule has 0 bridgehead atoms. The number of benzene rings is 2. The normalized spacial score (nSPS) is 17.2. The molecule has 0 spiro atoms. The molecule has 0 saturated carbocycles. The van der Waals surface area contributed by atoms with Crippen molar-refractivity contribution >= 4 is 27.3 Å². The van der Waals surface area contributed by atoms with Gasteiger partial charge in [-0.2, -0.15) is 5.10 Å². The van der Waals surface area contributed by atoms with E-state index >= 15 is 0 Å². The third-order valence-electron chi connectivity index (χ3n) is 4.54. The molecule has 0 unspecified atom stereocenters. The van der Waals surface area contributed by atoms with E-state index in [0.29, 0.717) is 17.8 Å². The lowest BCUT2D eigenvalue weighted by atomic mass is 9.93. The molecule has 1 aliphatic rings. The molecule has 1 aliphatic heterocycles. The molecule has 1 heterocycles. The van der Waals surface area contributed by atoms with Gasteiger partial charge >= 0.3 is 0 Å². The topological polar surface area (TPSA) is 78.8 Å². The first-order valence-corrected chi connectivity index (χ1v) is 11.1. The summed E-state index contributed by atoms with van der Waals surface area (Å²) in [5.74, 6) is -0.465. The van der Waals surface area contributed by atoms with Gasteiger partial charge in [0.2, 0.25) is 15.9 Å². The van der Waals surface area contributed by atoms with Crippen molar-refractivity contribution in [2.24, 2.45) is 10.5 Å². The van der Waals surface area contributed by atoms with Gasteiger partial charge in [-0.05, 0) is 35.4 Å². The number of halogens is 1. The third kappa shape index (κ3) is 5.00. The molecule has 0 fully saturated rings. The van der Waals surface area contributed by atoms with Crippen molar-refractivity contribution in [3.05, 3.63) is 65.5 Å². The van der Waals surface area contributed by atoms with Crippen molar-refractivity contribution in [2.75, 3.05) is 11.0 Å². The van der Waals surface area contributed by atoms with E-state index < -0.39 is 15.4 Å². The van der Waals surface area contributed by atoms with E-state index in [2.05, 4.69) is 9.82 Å². The van der Waals surface area contributed by atoms with Crippen LogP contribution in [0.15, 0.2) is 53.6 Å². The van der Waals surface area contributed by atoms with Crippen LogP contribution in [0.2, 0.25) is 0 Å². The van der Waals surface area contributed by atoms with Crippen molar-refractivity contribution in [3.63, 3.8) is 0 Å². The van der Waals surface area contributed by atoms with Gasteiger partial charge in [-0.25, -0.2) is 17.8 Å². The molecule has 6 nitrogen and oxygen atoms in total. The van der Waals surface area contributed by atoms with Crippen LogP contribution in [0.1, 0.15) is 44.4 Å². The van der Waals surface area contributed by atoms with E-state index in [0.717, 1.165) is 17.4 Å². The summed E-state index contributed by atoms with van der Waals surface area (Å²) in [4.78, 5) is 13.0. The fourth-order valence-electron chi connectivity index (χ4n) is 3.11. The van der Waals surface area contributed by atoms with Crippen LogP contribution in [-0.2, 0) is 14.8 Å². The van der Waals surface area contributed by atoms with Crippen LogP contribution in [-0.4, -0.2) is 31.3 Å². The van der Waals surface area contributed by atoms with Crippen LogP contribution in [0.3, 0.4) is 0 Å². The second kappa shape index (κ2) is 7.59. The molecular formula is C21H24FN3O3S. The zero-order valence-corrected chi connectivity index (χ0v) is 17.6. The summed E-state index contributed by atoms with van der Waals surface area (Å²) in [5.41, 5.74) is 2.13. The fourth-order valence-corrected chi connectivity index (χ4v) is 3.67. The van der Waals surface area contributed by atoms with E-state index in [1.54, 1.807) is 36.4 Å². The highest BCUT2D eigenvalue weighted by Gasteiger charge is 2.37. The first-order valence-electron chi connectivity index (χ1n) is 9.19. The van der Waals surface area contributed by atoms with E-state index in [1.807, 2.05) is 20.8 Å². The highest BCUT2D eigenvalue weighted by molar-refractivity contribution is 7.92. The summed E-state index contributed by atoms with van der Waals surface area (Å²) < 4.78 is 38.5. The first-order chi connectivity index (χ1) is 13.4. The van der Waals surface area contributed by atoms with Gasteiger partial charge in [0.05, 0.1) is 18.0 Å². The number of hydrazone groups is 1. The minimum atomic E-state index is -3.36. The maximum absolute atomic E-state index is 13.4. The highest BCUT2D eigenvalue weighted by Crippen LogP contribution is 2.36. The van der Waals surface area contributed by atoms with Crippen molar-refractivity contribution in [2.45, 2.75) is 33.2 Å². The van der Waals surface area contributed by atoms with Crippen molar-refractivity contribution < 1.29 is 17.6 Å².